The first-order valence-corrected chi connectivity index (χ1v) is 6.27. The Bertz CT molecular complexity index is 498. The molecule has 0 unspecified atom stereocenters. The number of ether oxygens (including phenoxy) is 1. The highest BCUT2D eigenvalue weighted by Gasteiger charge is 2.23. The second kappa shape index (κ2) is 6.79. The second-order valence-electron chi connectivity index (χ2n) is 4.59. The predicted molar refractivity (Wildman–Crippen MR) is 73.1 cm³/mol. The van der Waals surface area contributed by atoms with Crippen LogP contribution in [0.3, 0.4) is 0 Å². The minimum Gasteiger partial charge on any atom is -0.504 e. The van der Waals surface area contributed by atoms with Crippen LogP contribution in [0.25, 0.3) is 0 Å². The average Bonchev–Trinajstić information content (AvgIpc) is 2.38. The molecule has 0 fully saturated rings. The number of hydrogen-bond donors (Lipinski definition) is 2. The Morgan fingerprint density at radius 2 is 2.00 bits per heavy atom. The first-order valence-electron chi connectivity index (χ1n) is 6.27. The van der Waals surface area contributed by atoms with Gasteiger partial charge in [-0.15, -0.1) is 0 Å². The lowest BCUT2D eigenvalue weighted by Gasteiger charge is -2.26. The van der Waals surface area contributed by atoms with E-state index in [0.717, 1.165) is 0 Å². The van der Waals surface area contributed by atoms with Crippen molar-refractivity contribution in [1.82, 2.24) is 4.90 Å². The third kappa shape index (κ3) is 3.63. The van der Waals surface area contributed by atoms with Crippen LogP contribution >= 0.6 is 0 Å². The molecule has 110 valence electrons. The van der Waals surface area contributed by atoms with E-state index in [9.17, 15) is 14.7 Å². The Hall–Kier alpha value is -2.24. The molecule has 0 aromatic heterocycles. The number of aromatic hydroxyl groups is 1. The number of carboxylic acids is 1. The van der Waals surface area contributed by atoms with E-state index >= 15 is 0 Å². The molecule has 2 N–H and O–H groups in total. The fourth-order valence-corrected chi connectivity index (χ4v) is 1.82. The van der Waals surface area contributed by atoms with Gasteiger partial charge >= 0.3 is 5.97 Å². The van der Waals surface area contributed by atoms with Gasteiger partial charge in [-0.2, -0.15) is 0 Å². The van der Waals surface area contributed by atoms with Crippen molar-refractivity contribution in [3.05, 3.63) is 23.8 Å². The van der Waals surface area contributed by atoms with Crippen molar-refractivity contribution >= 4 is 11.9 Å². The Kier molecular flexibility index (Phi) is 5.37. The molecule has 0 radical (unpaired) electrons. The molecule has 1 rings (SSSR count). The van der Waals surface area contributed by atoms with Gasteiger partial charge in [-0.25, -0.2) is 0 Å². The van der Waals surface area contributed by atoms with E-state index in [1.54, 1.807) is 26.0 Å². The van der Waals surface area contributed by atoms with Gasteiger partial charge in [0.05, 0.1) is 19.1 Å². The summed E-state index contributed by atoms with van der Waals surface area (Å²) in [6.45, 7) is 3.66. The summed E-state index contributed by atoms with van der Waals surface area (Å²) in [7, 11) is 1.40. The van der Waals surface area contributed by atoms with Crippen molar-refractivity contribution in [2.24, 2.45) is 0 Å². The van der Waals surface area contributed by atoms with Gasteiger partial charge in [-0.05, 0) is 26.0 Å². The maximum absolute atomic E-state index is 12.4. The summed E-state index contributed by atoms with van der Waals surface area (Å²) < 4.78 is 4.96. The van der Waals surface area contributed by atoms with Crippen molar-refractivity contribution in [3.8, 4) is 11.5 Å². The molecular weight excluding hydrogens is 262 g/mol. The standard InChI is InChI=1S/C14H19NO5/c1-9(2)15(8-7-12(16)17)14(19)10-5-4-6-11(20-3)13(10)18/h4-6,9,18H,7-8H2,1-3H3,(H,16,17). The van der Waals surface area contributed by atoms with Crippen molar-refractivity contribution in [2.45, 2.75) is 26.3 Å². The molecule has 0 saturated carbocycles. The SMILES string of the molecule is COc1cccc(C(=O)N(CCC(=O)O)C(C)C)c1O. The highest BCUT2D eigenvalue weighted by Crippen LogP contribution is 2.30. The van der Waals surface area contributed by atoms with E-state index in [1.807, 2.05) is 0 Å². The molecule has 1 aromatic carbocycles. The van der Waals surface area contributed by atoms with Crippen molar-refractivity contribution < 1.29 is 24.5 Å². The fraction of sp³-hybridized carbons (Fsp3) is 0.429. The lowest BCUT2D eigenvalue weighted by atomic mass is 10.1. The number of hydrogen-bond acceptors (Lipinski definition) is 4. The third-order valence-electron chi connectivity index (χ3n) is 2.90. The number of phenolic OH excluding ortho intramolecular Hbond substituents is 1. The Morgan fingerprint density at radius 3 is 2.50 bits per heavy atom. The Balaban J connectivity index is 3.03. The van der Waals surface area contributed by atoms with Gasteiger partial charge in [0.15, 0.2) is 11.5 Å². The van der Waals surface area contributed by atoms with Crippen LogP contribution in [0, 0.1) is 0 Å². The quantitative estimate of drug-likeness (QED) is 0.829. The number of benzene rings is 1. The van der Waals surface area contributed by atoms with Gasteiger partial charge in [-0.1, -0.05) is 6.07 Å². The number of carbonyl (C=O) groups excluding carboxylic acids is 1. The Labute approximate surface area is 117 Å². The molecular formula is C14H19NO5. The van der Waals surface area contributed by atoms with Gasteiger partial charge < -0.3 is 19.8 Å². The van der Waals surface area contributed by atoms with Crippen molar-refractivity contribution in [1.29, 1.82) is 0 Å². The normalized spacial score (nSPS) is 10.4. The summed E-state index contributed by atoms with van der Waals surface area (Å²) in [5.41, 5.74) is 0.100. The molecule has 0 aliphatic rings. The van der Waals surface area contributed by atoms with Gasteiger partial charge in [0.2, 0.25) is 0 Å². The molecule has 1 amide bonds. The molecule has 0 heterocycles. The van der Waals surface area contributed by atoms with Gasteiger partial charge in [0.1, 0.15) is 0 Å². The zero-order valence-corrected chi connectivity index (χ0v) is 11.8. The van der Waals surface area contributed by atoms with E-state index in [2.05, 4.69) is 0 Å². The summed E-state index contributed by atoms with van der Waals surface area (Å²) in [5, 5.41) is 18.7. The molecule has 0 spiro atoms. The molecule has 0 bridgehead atoms. The lowest BCUT2D eigenvalue weighted by Crippen LogP contribution is -2.38. The number of carbonyl (C=O) groups is 2. The highest BCUT2D eigenvalue weighted by atomic mass is 16.5. The average molecular weight is 281 g/mol. The van der Waals surface area contributed by atoms with Crippen LogP contribution in [0.2, 0.25) is 0 Å². The smallest absolute Gasteiger partial charge is 0.305 e. The fourth-order valence-electron chi connectivity index (χ4n) is 1.82. The number of rotatable bonds is 6. The minimum absolute atomic E-state index is 0.0858. The number of methoxy groups -OCH3 is 1. The number of para-hydroxylation sites is 1. The molecule has 0 aliphatic heterocycles. The van der Waals surface area contributed by atoms with Crippen LogP contribution in [-0.4, -0.2) is 46.7 Å². The zero-order chi connectivity index (χ0) is 15.3. The number of aliphatic carboxylic acids is 1. The molecule has 0 atom stereocenters. The summed E-state index contributed by atoms with van der Waals surface area (Å²) in [6, 6.07) is 4.45. The summed E-state index contributed by atoms with van der Waals surface area (Å²) >= 11 is 0. The summed E-state index contributed by atoms with van der Waals surface area (Å²) in [4.78, 5) is 24.5. The zero-order valence-electron chi connectivity index (χ0n) is 11.8. The van der Waals surface area contributed by atoms with Crippen LogP contribution in [-0.2, 0) is 4.79 Å². The number of amides is 1. The number of carboxylic acid groups (broad SMARTS) is 1. The second-order valence-corrected chi connectivity index (χ2v) is 4.59. The molecule has 0 aliphatic carbocycles. The monoisotopic (exact) mass is 281 g/mol. The molecule has 20 heavy (non-hydrogen) atoms. The minimum atomic E-state index is -0.974. The summed E-state index contributed by atoms with van der Waals surface area (Å²) in [6.07, 6.45) is -0.144. The van der Waals surface area contributed by atoms with Crippen LogP contribution in [0.1, 0.15) is 30.6 Å². The van der Waals surface area contributed by atoms with E-state index in [-0.39, 0.29) is 36.1 Å². The first kappa shape index (κ1) is 15.8. The topological polar surface area (TPSA) is 87.1 Å². The number of phenols is 1. The molecule has 1 aromatic rings. The van der Waals surface area contributed by atoms with E-state index in [1.165, 1.54) is 18.1 Å². The van der Waals surface area contributed by atoms with E-state index in [4.69, 9.17) is 9.84 Å². The summed E-state index contributed by atoms with van der Waals surface area (Å²) in [5.74, 6) is -1.42. The van der Waals surface area contributed by atoms with Crippen LogP contribution in [0.15, 0.2) is 18.2 Å². The maximum atomic E-state index is 12.4. The molecule has 6 heteroatoms. The van der Waals surface area contributed by atoms with E-state index < -0.39 is 11.9 Å². The van der Waals surface area contributed by atoms with Crippen LogP contribution in [0.4, 0.5) is 0 Å². The van der Waals surface area contributed by atoms with Gasteiger partial charge in [-0.3, -0.25) is 9.59 Å². The largest absolute Gasteiger partial charge is 0.504 e. The van der Waals surface area contributed by atoms with Crippen molar-refractivity contribution in [2.75, 3.05) is 13.7 Å². The maximum Gasteiger partial charge on any atom is 0.305 e. The lowest BCUT2D eigenvalue weighted by molar-refractivity contribution is -0.137. The van der Waals surface area contributed by atoms with Crippen molar-refractivity contribution in [3.63, 3.8) is 0 Å². The number of nitrogens with zero attached hydrogens (tertiary/aromatic N) is 1. The van der Waals surface area contributed by atoms with E-state index in [0.29, 0.717) is 0 Å². The van der Waals surface area contributed by atoms with Crippen LogP contribution in [0.5, 0.6) is 11.5 Å². The molecule has 0 saturated heterocycles. The third-order valence-corrected chi connectivity index (χ3v) is 2.90. The van der Waals surface area contributed by atoms with Gasteiger partial charge in [0, 0.05) is 12.6 Å². The highest BCUT2D eigenvalue weighted by molar-refractivity contribution is 5.98. The van der Waals surface area contributed by atoms with Gasteiger partial charge in [0.25, 0.3) is 5.91 Å². The van der Waals surface area contributed by atoms with Crippen LogP contribution < -0.4 is 4.74 Å². The Morgan fingerprint density at radius 1 is 1.35 bits per heavy atom. The predicted octanol–water partition coefficient (Wildman–Crippen LogP) is 1.73. The molecule has 6 nitrogen and oxygen atoms in total. The first-order chi connectivity index (χ1) is 9.38.